The van der Waals surface area contributed by atoms with Crippen molar-refractivity contribution >= 4 is 0 Å². The van der Waals surface area contributed by atoms with E-state index in [2.05, 4.69) is 4.74 Å². The Balaban J connectivity index is 2.39. The third-order valence-electron chi connectivity index (χ3n) is 1.48. The molecule has 3 nitrogen and oxygen atoms in total. The maximum Gasteiger partial charge on any atom is 0.524 e. The van der Waals surface area contributed by atoms with Gasteiger partial charge in [0.05, 0.1) is 13.2 Å². The van der Waals surface area contributed by atoms with Crippen molar-refractivity contribution in [3.05, 3.63) is 6.61 Å². The summed E-state index contributed by atoms with van der Waals surface area (Å²) >= 11 is 0. The van der Waals surface area contributed by atoms with Gasteiger partial charge in [-0.2, -0.15) is 0 Å². The molecular weight excluding hydrogens is 175 g/mol. The number of ether oxygens (including phenoxy) is 2. The van der Waals surface area contributed by atoms with Gasteiger partial charge in [-0.15, -0.1) is 13.2 Å². The Hall–Kier alpha value is -0.330. The molecule has 6 heteroatoms. The van der Waals surface area contributed by atoms with Gasteiger partial charge in [0.2, 0.25) is 0 Å². The van der Waals surface area contributed by atoms with E-state index in [-0.39, 0.29) is 6.61 Å². The molecule has 1 rings (SSSR count). The van der Waals surface area contributed by atoms with E-state index in [0.29, 0.717) is 6.54 Å². The van der Waals surface area contributed by atoms with Crippen molar-refractivity contribution in [2.24, 2.45) is 0 Å². The van der Waals surface area contributed by atoms with E-state index < -0.39 is 12.6 Å². The molecule has 1 radical (unpaired) electrons. The highest BCUT2D eigenvalue weighted by molar-refractivity contribution is 4.70. The molecule has 0 aromatic carbocycles. The molecule has 0 saturated carbocycles. The van der Waals surface area contributed by atoms with Gasteiger partial charge in [0.25, 0.3) is 0 Å². The molecule has 71 valence electrons. The van der Waals surface area contributed by atoms with Crippen molar-refractivity contribution < 1.29 is 22.6 Å². The van der Waals surface area contributed by atoms with Crippen molar-refractivity contribution in [1.29, 1.82) is 0 Å². The summed E-state index contributed by atoms with van der Waals surface area (Å²) in [5, 5.41) is 0. The van der Waals surface area contributed by atoms with Crippen LogP contribution in [0.3, 0.4) is 0 Å². The lowest BCUT2D eigenvalue weighted by Gasteiger charge is -2.31. The number of morpholine rings is 1. The van der Waals surface area contributed by atoms with Crippen molar-refractivity contribution in [3.8, 4) is 0 Å². The Morgan fingerprint density at radius 1 is 1.58 bits per heavy atom. The Kier molecular flexibility index (Phi) is 2.92. The fourth-order valence-corrected chi connectivity index (χ4v) is 0.844. The SMILES string of the molecule is CN1C[CH]OCC1OC(F)(F)F. The predicted octanol–water partition coefficient (Wildman–Crippen LogP) is 0.973. The summed E-state index contributed by atoms with van der Waals surface area (Å²) in [6.07, 6.45) is -5.63. The fraction of sp³-hybridized carbons (Fsp3) is 0.833. The molecule has 0 aromatic heterocycles. The van der Waals surface area contributed by atoms with Gasteiger partial charge in [-0.05, 0) is 7.05 Å². The van der Waals surface area contributed by atoms with Gasteiger partial charge in [0, 0.05) is 6.54 Å². The number of rotatable bonds is 1. The lowest BCUT2D eigenvalue weighted by atomic mass is 10.4. The summed E-state index contributed by atoms with van der Waals surface area (Å²) in [5.74, 6) is 0. The predicted molar refractivity (Wildman–Crippen MR) is 33.8 cm³/mol. The monoisotopic (exact) mass is 184 g/mol. The molecular formula is C6H9F3NO2. The van der Waals surface area contributed by atoms with Crippen LogP contribution in [0.1, 0.15) is 0 Å². The van der Waals surface area contributed by atoms with Crippen LogP contribution in [0.2, 0.25) is 0 Å². The number of hydrogen-bond donors (Lipinski definition) is 0. The highest BCUT2D eigenvalue weighted by Crippen LogP contribution is 2.21. The van der Waals surface area contributed by atoms with Crippen LogP contribution in [0.4, 0.5) is 13.2 Å². The summed E-state index contributed by atoms with van der Waals surface area (Å²) in [5.41, 5.74) is 0. The van der Waals surface area contributed by atoms with Gasteiger partial charge in [-0.1, -0.05) is 0 Å². The van der Waals surface area contributed by atoms with E-state index in [0.717, 1.165) is 0 Å². The van der Waals surface area contributed by atoms with E-state index in [9.17, 15) is 13.2 Å². The Bertz CT molecular complexity index is 150. The first-order valence-corrected chi connectivity index (χ1v) is 3.37. The number of halogens is 3. The molecule has 1 atom stereocenters. The zero-order valence-corrected chi connectivity index (χ0v) is 6.47. The van der Waals surface area contributed by atoms with Crippen LogP contribution >= 0.6 is 0 Å². The normalized spacial score (nSPS) is 27.5. The lowest BCUT2D eigenvalue weighted by molar-refractivity contribution is -0.366. The topological polar surface area (TPSA) is 21.7 Å². The highest BCUT2D eigenvalue weighted by Gasteiger charge is 2.36. The molecule has 0 amide bonds. The van der Waals surface area contributed by atoms with Crippen molar-refractivity contribution in [3.63, 3.8) is 0 Å². The molecule has 0 bridgehead atoms. The summed E-state index contributed by atoms with van der Waals surface area (Å²) < 4.78 is 43.6. The third-order valence-corrected chi connectivity index (χ3v) is 1.48. The first-order chi connectivity index (χ1) is 5.49. The van der Waals surface area contributed by atoms with Gasteiger partial charge in [0.15, 0.2) is 0 Å². The summed E-state index contributed by atoms with van der Waals surface area (Å²) in [7, 11) is 1.54. The Labute approximate surface area is 68.0 Å². The number of alkyl halides is 3. The second kappa shape index (κ2) is 3.59. The lowest BCUT2D eigenvalue weighted by Crippen LogP contribution is -2.45. The molecule has 0 aromatic rings. The first-order valence-electron chi connectivity index (χ1n) is 3.37. The van der Waals surface area contributed by atoms with Crippen LogP contribution in [0.15, 0.2) is 0 Å². The van der Waals surface area contributed by atoms with Gasteiger partial charge >= 0.3 is 6.36 Å². The van der Waals surface area contributed by atoms with E-state index >= 15 is 0 Å². The van der Waals surface area contributed by atoms with Crippen molar-refractivity contribution in [2.75, 3.05) is 20.2 Å². The third kappa shape index (κ3) is 2.96. The molecule has 1 heterocycles. The average Bonchev–Trinajstić information content (AvgIpc) is 1.91. The minimum atomic E-state index is -4.60. The van der Waals surface area contributed by atoms with Crippen LogP contribution in [0.25, 0.3) is 0 Å². The van der Waals surface area contributed by atoms with Gasteiger partial charge in [0.1, 0.15) is 6.23 Å². The molecule has 1 aliphatic rings. The molecule has 1 fully saturated rings. The standard InChI is InChI=1S/C6H9F3NO2/c1-10-2-3-11-4-5(10)12-6(7,8)9/h3,5H,2,4H2,1H3. The largest absolute Gasteiger partial charge is 0.524 e. The summed E-state index contributed by atoms with van der Waals surface area (Å²) in [6, 6.07) is 0. The average molecular weight is 184 g/mol. The molecule has 12 heavy (non-hydrogen) atoms. The Morgan fingerprint density at radius 2 is 2.25 bits per heavy atom. The van der Waals surface area contributed by atoms with Gasteiger partial charge < -0.3 is 4.74 Å². The zero-order valence-electron chi connectivity index (χ0n) is 6.47. The fourth-order valence-electron chi connectivity index (χ4n) is 0.844. The molecule has 1 unspecified atom stereocenters. The van der Waals surface area contributed by atoms with Crippen molar-refractivity contribution in [1.82, 2.24) is 4.90 Å². The molecule has 0 aliphatic carbocycles. The summed E-state index contributed by atoms with van der Waals surface area (Å²) in [4.78, 5) is 1.41. The second-order valence-electron chi connectivity index (χ2n) is 2.46. The highest BCUT2D eigenvalue weighted by atomic mass is 19.4. The van der Waals surface area contributed by atoms with Crippen LogP contribution in [-0.4, -0.2) is 37.7 Å². The van der Waals surface area contributed by atoms with Gasteiger partial charge in [-0.3, -0.25) is 9.64 Å². The number of likely N-dealkylation sites (N-methyl/N-ethyl adjacent to an activating group) is 1. The molecule has 1 saturated heterocycles. The minimum Gasteiger partial charge on any atom is -0.370 e. The van der Waals surface area contributed by atoms with E-state index in [4.69, 9.17) is 4.74 Å². The maximum absolute atomic E-state index is 11.7. The second-order valence-corrected chi connectivity index (χ2v) is 2.46. The number of hydrogen-bond acceptors (Lipinski definition) is 3. The van der Waals surface area contributed by atoms with Crippen LogP contribution < -0.4 is 0 Å². The quantitative estimate of drug-likeness (QED) is 0.606. The van der Waals surface area contributed by atoms with Gasteiger partial charge in [-0.25, -0.2) is 0 Å². The molecule has 1 aliphatic heterocycles. The van der Waals surface area contributed by atoms with Crippen LogP contribution in [0.5, 0.6) is 0 Å². The zero-order chi connectivity index (χ0) is 9.19. The summed E-state index contributed by atoms with van der Waals surface area (Å²) in [6.45, 7) is 1.69. The maximum atomic E-state index is 11.7. The number of nitrogens with zero attached hydrogens (tertiary/aromatic N) is 1. The van der Waals surface area contributed by atoms with E-state index in [1.165, 1.54) is 18.6 Å². The van der Waals surface area contributed by atoms with Crippen LogP contribution in [0, 0.1) is 6.61 Å². The minimum absolute atomic E-state index is 0.0873. The first kappa shape index (κ1) is 9.76. The Morgan fingerprint density at radius 3 is 2.75 bits per heavy atom. The molecule has 0 spiro atoms. The van der Waals surface area contributed by atoms with Crippen molar-refractivity contribution in [2.45, 2.75) is 12.6 Å². The van der Waals surface area contributed by atoms with E-state index in [1.807, 2.05) is 0 Å². The van der Waals surface area contributed by atoms with E-state index in [1.54, 1.807) is 0 Å². The smallest absolute Gasteiger partial charge is 0.370 e. The molecule has 0 N–H and O–H groups in total. The van der Waals surface area contributed by atoms with Crippen LogP contribution in [-0.2, 0) is 9.47 Å².